The number of nitrogens with zero attached hydrogens (tertiary/aromatic N) is 2. The Labute approximate surface area is 154 Å². The van der Waals surface area contributed by atoms with Gasteiger partial charge in [0.1, 0.15) is 11.7 Å². The number of aromatic nitrogens is 2. The first-order valence-electron chi connectivity index (χ1n) is 8.87. The maximum Gasteiger partial charge on any atom is 0.272 e. The molecule has 0 radical (unpaired) electrons. The zero-order chi connectivity index (χ0) is 18.9. The van der Waals surface area contributed by atoms with Crippen molar-refractivity contribution in [2.75, 3.05) is 0 Å². The van der Waals surface area contributed by atoms with E-state index in [1.54, 1.807) is 0 Å². The molecule has 0 spiro atoms. The van der Waals surface area contributed by atoms with Gasteiger partial charge in [-0.1, -0.05) is 44.2 Å². The highest BCUT2D eigenvalue weighted by Crippen LogP contribution is 2.07. The lowest BCUT2D eigenvalue weighted by Crippen LogP contribution is -2.50. The van der Waals surface area contributed by atoms with Gasteiger partial charge in [0.25, 0.3) is 5.91 Å². The van der Waals surface area contributed by atoms with Crippen LogP contribution in [0.15, 0.2) is 48.9 Å². The Balaban J connectivity index is 2.10. The zero-order valence-corrected chi connectivity index (χ0v) is 15.5. The van der Waals surface area contributed by atoms with Crippen LogP contribution in [0.2, 0.25) is 0 Å². The second-order valence-corrected chi connectivity index (χ2v) is 6.85. The molecule has 1 heterocycles. The van der Waals surface area contributed by atoms with Crippen molar-refractivity contribution >= 4 is 11.8 Å². The summed E-state index contributed by atoms with van der Waals surface area (Å²) in [5.41, 5.74) is 1.16. The first-order valence-corrected chi connectivity index (χ1v) is 8.87. The Hall–Kier alpha value is -2.76. The summed E-state index contributed by atoms with van der Waals surface area (Å²) in [5, 5.41) is 5.79. The molecule has 0 saturated heterocycles. The van der Waals surface area contributed by atoms with Crippen molar-refractivity contribution in [2.45, 2.75) is 45.7 Å². The van der Waals surface area contributed by atoms with Gasteiger partial charge in [-0.2, -0.15) is 0 Å². The maximum atomic E-state index is 12.7. The normalized spacial score (nSPS) is 13.1. The number of carbonyl (C=O) groups is 2. The summed E-state index contributed by atoms with van der Waals surface area (Å²) in [4.78, 5) is 33.1. The summed E-state index contributed by atoms with van der Waals surface area (Å²) in [6, 6.07) is 8.97. The van der Waals surface area contributed by atoms with E-state index in [0.717, 1.165) is 12.0 Å². The molecule has 6 nitrogen and oxygen atoms in total. The third-order valence-electron chi connectivity index (χ3n) is 3.91. The molecule has 2 atom stereocenters. The summed E-state index contributed by atoms with van der Waals surface area (Å²) in [6.45, 7) is 6.20. The summed E-state index contributed by atoms with van der Waals surface area (Å²) in [6.07, 6.45) is 5.62. The van der Waals surface area contributed by atoms with Gasteiger partial charge < -0.3 is 10.6 Å². The van der Waals surface area contributed by atoms with Gasteiger partial charge in [-0.15, -0.1) is 0 Å². The van der Waals surface area contributed by atoms with Crippen molar-refractivity contribution in [3.05, 3.63) is 60.2 Å². The lowest BCUT2D eigenvalue weighted by Gasteiger charge is -2.22. The average molecular weight is 354 g/mol. The smallest absolute Gasteiger partial charge is 0.272 e. The number of hydrogen-bond acceptors (Lipinski definition) is 4. The highest BCUT2D eigenvalue weighted by atomic mass is 16.2. The quantitative estimate of drug-likeness (QED) is 0.762. The molecule has 2 aromatic rings. The van der Waals surface area contributed by atoms with Gasteiger partial charge in [0, 0.05) is 24.9 Å². The molecule has 0 bridgehead atoms. The van der Waals surface area contributed by atoms with E-state index in [1.165, 1.54) is 18.6 Å². The highest BCUT2D eigenvalue weighted by Gasteiger charge is 2.24. The summed E-state index contributed by atoms with van der Waals surface area (Å²) >= 11 is 0. The van der Waals surface area contributed by atoms with E-state index in [2.05, 4.69) is 34.4 Å². The van der Waals surface area contributed by atoms with Gasteiger partial charge >= 0.3 is 0 Å². The molecule has 2 amide bonds. The average Bonchev–Trinajstić information content (AvgIpc) is 2.62. The molecule has 2 N–H and O–H groups in total. The van der Waals surface area contributed by atoms with Crippen molar-refractivity contribution in [1.29, 1.82) is 0 Å². The predicted molar refractivity (Wildman–Crippen MR) is 100 cm³/mol. The Kier molecular flexibility index (Phi) is 7.26. The van der Waals surface area contributed by atoms with E-state index >= 15 is 0 Å². The lowest BCUT2D eigenvalue weighted by molar-refractivity contribution is -0.123. The molecule has 2 rings (SSSR count). The molecular weight excluding hydrogens is 328 g/mol. The molecule has 6 heteroatoms. The Morgan fingerprint density at radius 1 is 1.04 bits per heavy atom. The second-order valence-electron chi connectivity index (χ2n) is 6.85. The lowest BCUT2D eigenvalue weighted by atomic mass is 10.0. The highest BCUT2D eigenvalue weighted by molar-refractivity contribution is 5.96. The fraction of sp³-hybridized carbons (Fsp3) is 0.400. The molecule has 0 unspecified atom stereocenters. The van der Waals surface area contributed by atoms with Gasteiger partial charge in [-0.25, -0.2) is 4.98 Å². The Bertz CT molecular complexity index is 704. The first kappa shape index (κ1) is 19.6. The number of nitrogens with one attached hydrogen (secondary N) is 2. The van der Waals surface area contributed by atoms with E-state index in [1.807, 2.05) is 37.3 Å². The maximum absolute atomic E-state index is 12.7. The van der Waals surface area contributed by atoms with Gasteiger partial charge in [0.15, 0.2) is 0 Å². The molecule has 0 aliphatic rings. The molecule has 0 aliphatic heterocycles. The van der Waals surface area contributed by atoms with E-state index in [0.29, 0.717) is 12.3 Å². The molecule has 1 aromatic heterocycles. The second kappa shape index (κ2) is 9.65. The minimum atomic E-state index is -0.679. The summed E-state index contributed by atoms with van der Waals surface area (Å²) in [5.74, 6) is -0.128. The van der Waals surface area contributed by atoms with Crippen molar-refractivity contribution in [1.82, 2.24) is 20.6 Å². The van der Waals surface area contributed by atoms with Crippen molar-refractivity contribution in [3.8, 4) is 0 Å². The largest absolute Gasteiger partial charge is 0.352 e. The number of hydrogen-bond donors (Lipinski definition) is 2. The van der Waals surface area contributed by atoms with Gasteiger partial charge in [-0.05, 0) is 24.8 Å². The van der Waals surface area contributed by atoms with Crippen LogP contribution in [0.1, 0.15) is 43.2 Å². The Morgan fingerprint density at radius 2 is 1.77 bits per heavy atom. The fourth-order valence-corrected chi connectivity index (χ4v) is 2.82. The van der Waals surface area contributed by atoms with Crippen LogP contribution < -0.4 is 10.6 Å². The number of amides is 2. The van der Waals surface area contributed by atoms with Gasteiger partial charge in [-0.3, -0.25) is 14.6 Å². The van der Waals surface area contributed by atoms with Crippen LogP contribution in [0.5, 0.6) is 0 Å². The standard InChI is InChI=1S/C20H26N4O2/c1-14(2)11-15(3)23-19(25)17(12-16-7-5-4-6-8-16)24-20(26)18-13-21-9-10-22-18/h4-10,13-15,17H,11-12H2,1-3H3,(H,23,25)(H,24,26)/t15-,17+/m0/s1. The summed E-state index contributed by atoms with van der Waals surface area (Å²) < 4.78 is 0. The monoisotopic (exact) mass is 354 g/mol. The fourth-order valence-electron chi connectivity index (χ4n) is 2.82. The van der Waals surface area contributed by atoms with Crippen molar-refractivity contribution < 1.29 is 9.59 Å². The molecular formula is C20H26N4O2. The van der Waals surface area contributed by atoms with Gasteiger partial charge in [0.05, 0.1) is 6.20 Å². The topological polar surface area (TPSA) is 84.0 Å². The van der Waals surface area contributed by atoms with Crippen LogP contribution in [-0.2, 0) is 11.2 Å². The minimum Gasteiger partial charge on any atom is -0.352 e. The molecule has 0 saturated carbocycles. The molecule has 138 valence electrons. The third kappa shape index (κ3) is 6.27. The van der Waals surface area contributed by atoms with Crippen LogP contribution in [0.4, 0.5) is 0 Å². The van der Waals surface area contributed by atoms with E-state index in [9.17, 15) is 9.59 Å². The van der Waals surface area contributed by atoms with E-state index in [-0.39, 0.29) is 17.6 Å². The van der Waals surface area contributed by atoms with Crippen LogP contribution in [-0.4, -0.2) is 33.9 Å². The minimum absolute atomic E-state index is 0.0363. The van der Waals surface area contributed by atoms with Crippen LogP contribution in [0.3, 0.4) is 0 Å². The number of carbonyl (C=O) groups excluding carboxylic acids is 2. The summed E-state index contributed by atoms with van der Waals surface area (Å²) in [7, 11) is 0. The molecule has 26 heavy (non-hydrogen) atoms. The van der Waals surface area contributed by atoms with Crippen molar-refractivity contribution in [3.63, 3.8) is 0 Å². The van der Waals surface area contributed by atoms with Crippen LogP contribution >= 0.6 is 0 Å². The number of benzene rings is 1. The number of rotatable bonds is 8. The van der Waals surface area contributed by atoms with Crippen molar-refractivity contribution in [2.24, 2.45) is 5.92 Å². The molecule has 0 aliphatic carbocycles. The predicted octanol–water partition coefficient (Wildman–Crippen LogP) is 2.37. The Morgan fingerprint density at radius 3 is 2.38 bits per heavy atom. The van der Waals surface area contributed by atoms with Crippen LogP contribution in [0.25, 0.3) is 0 Å². The first-order chi connectivity index (χ1) is 12.5. The zero-order valence-electron chi connectivity index (χ0n) is 15.5. The SMILES string of the molecule is CC(C)C[C@H](C)NC(=O)[C@@H](Cc1ccccc1)NC(=O)c1cnccn1. The van der Waals surface area contributed by atoms with E-state index < -0.39 is 11.9 Å². The van der Waals surface area contributed by atoms with Crippen LogP contribution in [0, 0.1) is 5.92 Å². The van der Waals surface area contributed by atoms with E-state index in [4.69, 9.17) is 0 Å². The molecule has 0 fully saturated rings. The molecule has 1 aromatic carbocycles. The van der Waals surface area contributed by atoms with Gasteiger partial charge in [0.2, 0.25) is 5.91 Å². The third-order valence-corrected chi connectivity index (χ3v) is 3.91.